The quantitative estimate of drug-likeness (QED) is 0.471. The van der Waals surface area contributed by atoms with Crippen molar-refractivity contribution in [2.45, 2.75) is 39.5 Å². The Labute approximate surface area is 168 Å². The summed E-state index contributed by atoms with van der Waals surface area (Å²) in [6, 6.07) is 5.52. The molecule has 9 nitrogen and oxygen atoms in total. The van der Waals surface area contributed by atoms with Crippen LogP contribution in [0.5, 0.6) is 5.75 Å². The lowest BCUT2D eigenvalue weighted by Gasteiger charge is -2.20. The number of imidazole rings is 1. The molecule has 0 aliphatic carbocycles. The minimum Gasteiger partial charge on any atom is -0.492 e. The van der Waals surface area contributed by atoms with Crippen LogP contribution in [-0.2, 0) is 17.9 Å². The highest BCUT2D eigenvalue weighted by Crippen LogP contribution is 2.29. The van der Waals surface area contributed by atoms with Crippen LogP contribution >= 0.6 is 0 Å². The first-order chi connectivity index (χ1) is 13.8. The fraction of sp³-hybridized carbons (Fsp3) is 0.450. The summed E-state index contributed by atoms with van der Waals surface area (Å²) in [5, 5.41) is 22.1. The van der Waals surface area contributed by atoms with Gasteiger partial charge in [-0.3, -0.25) is 4.98 Å². The third kappa shape index (κ3) is 5.12. The molecule has 3 N–H and O–H groups in total. The van der Waals surface area contributed by atoms with E-state index in [0.717, 1.165) is 27.8 Å². The molecule has 0 saturated carbocycles. The van der Waals surface area contributed by atoms with Crippen LogP contribution in [0.2, 0.25) is 0 Å². The average Bonchev–Trinajstić information content (AvgIpc) is 2.99. The van der Waals surface area contributed by atoms with Gasteiger partial charge in [-0.1, -0.05) is 0 Å². The minimum atomic E-state index is -1.08. The van der Waals surface area contributed by atoms with Crippen molar-refractivity contribution in [3.8, 4) is 5.75 Å². The lowest BCUT2D eigenvalue weighted by molar-refractivity contribution is 0.0582. The normalized spacial score (nSPS) is 11.9. The highest BCUT2D eigenvalue weighted by atomic mass is 16.5. The summed E-state index contributed by atoms with van der Waals surface area (Å²) in [6.45, 7) is 7.13. The molecule has 0 aliphatic heterocycles. The zero-order valence-corrected chi connectivity index (χ0v) is 16.8. The Hall–Kier alpha value is -2.91. The maximum absolute atomic E-state index is 10.5. The van der Waals surface area contributed by atoms with Gasteiger partial charge in [0.1, 0.15) is 30.3 Å². The Bertz CT molecular complexity index is 1010. The van der Waals surface area contributed by atoms with Gasteiger partial charge in [-0.15, -0.1) is 0 Å². The minimum absolute atomic E-state index is 0.193. The molecule has 2 heterocycles. The van der Waals surface area contributed by atoms with E-state index in [0.29, 0.717) is 25.5 Å². The van der Waals surface area contributed by atoms with Gasteiger partial charge in [-0.2, -0.15) is 0 Å². The van der Waals surface area contributed by atoms with Crippen molar-refractivity contribution in [1.29, 1.82) is 0 Å². The molecule has 0 spiro atoms. The van der Waals surface area contributed by atoms with Gasteiger partial charge in [0.05, 0.1) is 35.9 Å². The molecule has 3 rings (SSSR count). The van der Waals surface area contributed by atoms with Crippen LogP contribution in [0, 0.1) is 0 Å². The SMILES string of the molecule is CCOCc1nc2cnc3cc(OCCNC(=O)O)ccc3c2n1CC(C)(C)O. The third-order valence-electron chi connectivity index (χ3n) is 4.25. The molecule has 0 atom stereocenters. The van der Waals surface area contributed by atoms with Gasteiger partial charge >= 0.3 is 6.09 Å². The number of aliphatic hydroxyl groups is 1. The summed E-state index contributed by atoms with van der Waals surface area (Å²) in [5.74, 6) is 1.33. The molecule has 0 bridgehead atoms. The van der Waals surface area contributed by atoms with E-state index in [1.807, 2.05) is 23.6 Å². The Morgan fingerprint density at radius 2 is 2.10 bits per heavy atom. The molecule has 2 aromatic heterocycles. The number of nitrogens with one attached hydrogen (secondary N) is 1. The molecular formula is C20H26N4O5. The van der Waals surface area contributed by atoms with Crippen molar-refractivity contribution in [3.63, 3.8) is 0 Å². The van der Waals surface area contributed by atoms with Gasteiger partial charge in [0.25, 0.3) is 0 Å². The molecule has 9 heteroatoms. The summed E-state index contributed by atoms with van der Waals surface area (Å²) in [5.41, 5.74) is 1.41. The van der Waals surface area contributed by atoms with E-state index in [1.165, 1.54) is 0 Å². The van der Waals surface area contributed by atoms with Crippen molar-refractivity contribution >= 4 is 28.0 Å². The second-order valence-electron chi connectivity index (χ2n) is 7.32. The van der Waals surface area contributed by atoms with Crippen LogP contribution < -0.4 is 10.1 Å². The second kappa shape index (κ2) is 8.62. The maximum Gasteiger partial charge on any atom is 0.404 e. The van der Waals surface area contributed by atoms with Crippen LogP contribution in [0.15, 0.2) is 24.4 Å². The number of hydrogen-bond acceptors (Lipinski definition) is 6. The van der Waals surface area contributed by atoms with E-state index < -0.39 is 11.7 Å². The largest absolute Gasteiger partial charge is 0.492 e. The number of carbonyl (C=O) groups is 1. The monoisotopic (exact) mass is 402 g/mol. The fourth-order valence-corrected chi connectivity index (χ4v) is 3.12. The Morgan fingerprint density at radius 1 is 1.31 bits per heavy atom. The first-order valence-corrected chi connectivity index (χ1v) is 9.46. The number of benzene rings is 1. The van der Waals surface area contributed by atoms with Gasteiger partial charge in [0.2, 0.25) is 0 Å². The van der Waals surface area contributed by atoms with Crippen molar-refractivity contribution in [2.75, 3.05) is 19.8 Å². The van der Waals surface area contributed by atoms with E-state index in [-0.39, 0.29) is 13.2 Å². The predicted octanol–water partition coefficient (Wildman–Crippen LogP) is 2.54. The lowest BCUT2D eigenvalue weighted by atomic mass is 10.1. The third-order valence-corrected chi connectivity index (χ3v) is 4.25. The summed E-state index contributed by atoms with van der Waals surface area (Å²) < 4.78 is 13.1. The zero-order chi connectivity index (χ0) is 21.0. The molecule has 0 radical (unpaired) electrons. The van der Waals surface area contributed by atoms with Crippen LogP contribution in [-0.4, -0.2) is 56.2 Å². The molecule has 156 valence electrons. The molecule has 1 aromatic carbocycles. The van der Waals surface area contributed by atoms with Crippen LogP contribution in [0.3, 0.4) is 0 Å². The fourth-order valence-electron chi connectivity index (χ4n) is 3.12. The van der Waals surface area contributed by atoms with Crippen LogP contribution in [0.4, 0.5) is 4.79 Å². The van der Waals surface area contributed by atoms with Gasteiger partial charge < -0.3 is 29.6 Å². The molecule has 0 unspecified atom stereocenters. The predicted molar refractivity (Wildman–Crippen MR) is 108 cm³/mol. The van der Waals surface area contributed by atoms with Crippen molar-refractivity contribution < 1.29 is 24.5 Å². The number of carboxylic acid groups (broad SMARTS) is 1. The highest BCUT2D eigenvalue weighted by Gasteiger charge is 2.21. The molecule has 3 aromatic rings. The summed E-state index contributed by atoms with van der Waals surface area (Å²) in [6.07, 6.45) is 0.614. The van der Waals surface area contributed by atoms with E-state index in [9.17, 15) is 9.90 Å². The van der Waals surface area contributed by atoms with E-state index in [2.05, 4.69) is 15.3 Å². The van der Waals surface area contributed by atoms with Crippen molar-refractivity contribution in [3.05, 3.63) is 30.2 Å². The first kappa shape index (κ1) is 20.8. The maximum atomic E-state index is 10.5. The van der Waals surface area contributed by atoms with Gasteiger partial charge in [0, 0.05) is 18.1 Å². The number of fused-ring (bicyclic) bond motifs is 3. The van der Waals surface area contributed by atoms with E-state index >= 15 is 0 Å². The number of ether oxygens (including phenoxy) is 2. The molecule has 0 aliphatic rings. The summed E-state index contributed by atoms with van der Waals surface area (Å²) in [7, 11) is 0. The number of pyridine rings is 1. The standard InChI is InChI=1S/C20H26N4O5/c1-4-28-11-17-23-16-10-22-15-9-13(29-8-7-21-19(25)26)5-6-14(15)18(16)24(17)12-20(2,3)27/h5-6,9-10,21,27H,4,7-8,11-12H2,1-3H3,(H,25,26). The summed E-state index contributed by atoms with van der Waals surface area (Å²) >= 11 is 0. The van der Waals surface area contributed by atoms with Gasteiger partial charge in [-0.05, 0) is 32.9 Å². The number of nitrogens with zero attached hydrogens (tertiary/aromatic N) is 3. The molecule has 0 saturated heterocycles. The number of rotatable bonds is 9. The number of aromatic nitrogens is 3. The lowest BCUT2D eigenvalue weighted by Crippen LogP contribution is -2.27. The second-order valence-corrected chi connectivity index (χ2v) is 7.32. The topological polar surface area (TPSA) is 119 Å². The van der Waals surface area contributed by atoms with E-state index in [4.69, 9.17) is 14.6 Å². The Kier molecular flexibility index (Phi) is 6.19. The first-order valence-electron chi connectivity index (χ1n) is 9.46. The van der Waals surface area contributed by atoms with Crippen molar-refractivity contribution in [2.24, 2.45) is 0 Å². The van der Waals surface area contributed by atoms with Crippen LogP contribution in [0.25, 0.3) is 21.9 Å². The zero-order valence-electron chi connectivity index (χ0n) is 16.8. The van der Waals surface area contributed by atoms with Crippen LogP contribution in [0.1, 0.15) is 26.6 Å². The van der Waals surface area contributed by atoms with Gasteiger partial charge in [0.15, 0.2) is 0 Å². The summed E-state index contributed by atoms with van der Waals surface area (Å²) in [4.78, 5) is 19.6. The van der Waals surface area contributed by atoms with E-state index in [1.54, 1.807) is 26.1 Å². The highest BCUT2D eigenvalue weighted by molar-refractivity contribution is 6.02. The molecule has 0 fully saturated rings. The number of hydrogen-bond donors (Lipinski definition) is 3. The Balaban J connectivity index is 1.98. The van der Waals surface area contributed by atoms with Gasteiger partial charge in [-0.25, -0.2) is 9.78 Å². The van der Waals surface area contributed by atoms with Crippen molar-refractivity contribution in [1.82, 2.24) is 19.9 Å². The Morgan fingerprint density at radius 3 is 2.79 bits per heavy atom. The molecular weight excluding hydrogens is 376 g/mol. The molecule has 29 heavy (non-hydrogen) atoms. The average molecular weight is 402 g/mol. The molecule has 1 amide bonds. The number of amides is 1. The smallest absolute Gasteiger partial charge is 0.404 e.